The fourth-order valence-corrected chi connectivity index (χ4v) is 4.92. The van der Waals surface area contributed by atoms with E-state index >= 15 is 0 Å². The average Bonchev–Trinajstić information content (AvgIpc) is 3.20. The van der Waals surface area contributed by atoms with Gasteiger partial charge in [0.15, 0.2) is 0 Å². The smallest absolute Gasteiger partial charge is 0.241 e. The zero-order chi connectivity index (χ0) is 23.4. The summed E-state index contributed by atoms with van der Waals surface area (Å²) in [6.45, 7) is 1.38. The number of nitrogens with one attached hydrogen (secondary N) is 1. The normalized spacial score (nSPS) is 14.0. The van der Waals surface area contributed by atoms with E-state index in [0.29, 0.717) is 18.7 Å². The lowest BCUT2D eigenvalue weighted by molar-refractivity contribution is -0.128. The van der Waals surface area contributed by atoms with Gasteiger partial charge in [-0.1, -0.05) is 60.7 Å². The number of likely N-dealkylation sites (tertiary alicyclic amines) is 1. The average molecular weight is 466 g/mol. The van der Waals surface area contributed by atoms with Gasteiger partial charge in [-0.05, 0) is 29.0 Å². The van der Waals surface area contributed by atoms with Crippen molar-refractivity contribution in [3.63, 3.8) is 0 Å². The Morgan fingerprint density at radius 2 is 1.70 bits per heavy atom. The van der Waals surface area contributed by atoms with Crippen LogP contribution in [0, 0.1) is 0 Å². The first-order valence-electron chi connectivity index (χ1n) is 10.9. The number of amides is 2. The maximum Gasteiger partial charge on any atom is 0.241 e. The minimum atomic E-state index is -3.67. The van der Waals surface area contributed by atoms with Crippen molar-refractivity contribution >= 4 is 38.3 Å². The summed E-state index contributed by atoms with van der Waals surface area (Å²) in [7, 11) is -3.67. The van der Waals surface area contributed by atoms with Gasteiger partial charge in [-0.15, -0.1) is 0 Å². The molecule has 2 amide bonds. The summed E-state index contributed by atoms with van der Waals surface area (Å²) in [5.74, 6) is -0.201. The molecule has 3 aromatic carbocycles. The molecule has 1 N–H and O–H groups in total. The van der Waals surface area contributed by atoms with Crippen molar-refractivity contribution < 1.29 is 18.0 Å². The van der Waals surface area contributed by atoms with Crippen molar-refractivity contribution in [1.29, 1.82) is 0 Å². The molecule has 1 aliphatic rings. The highest BCUT2D eigenvalue weighted by Gasteiger charge is 2.23. The number of benzene rings is 3. The van der Waals surface area contributed by atoms with Crippen LogP contribution in [0.3, 0.4) is 0 Å². The van der Waals surface area contributed by atoms with Crippen LogP contribution in [0.5, 0.6) is 0 Å². The number of carbonyl (C=O) groups excluding carboxylic acids is 2. The van der Waals surface area contributed by atoms with Crippen LogP contribution in [-0.4, -0.2) is 44.5 Å². The van der Waals surface area contributed by atoms with Gasteiger partial charge < -0.3 is 10.2 Å². The Labute approximate surface area is 194 Å². The first-order valence-corrected chi connectivity index (χ1v) is 12.7. The molecule has 0 aromatic heterocycles. The van der Waals surface area contributed by atoms with E-state index in [-0.39, 0.29) is 24.9 Å². The van der Waals surface area contributed by atoms with Crippen molar-refractivity contribution in [3.8, 4) is 0 Å². The van der Waals surface area contributed by atoms with E-state index < -0.39 is 10.0 Å². The number of rotatable bonds is 8. The van der Waals surface area contributed by atoms with Gasteiger partial charge in [-0.2, -0.15) is 0 Å². The van der Waals surface area contributed by atoms with Crippen LogP contribution < -0.4 is 9.62 Å². The molecule has 1 heterocycles. The number of nitrogens with zero attached hydrogens (tertiary/aromatic N) is 2. The van der Waals surface area contributed by atoms with Crippen molar-refractivity contribution in [1.82, 2.24) is 10.2 Å². The van der Waals surface area contributed by atoms with Crippen LogP contribution in [0.4, 0.5) is 5.69 Å². The fraction of sp³-hybridized carbons (Fsp3) is 0.280. The van der Waals surface area contributed by atoms with Gasteiger partial charge in [0, 0.05) is 31.4 Å². The first kappa shape index (κ1) is 22.8. The second-order valence-corrected chi connectivity index (χ2v) is 10.2. The van der Waals surface area contributed by atoms with Crippen LogP contribution in [0.2, 0.25) is 0 Å². The largest absolute Gasteiger partial charge is 0.350 e. The summed E-state index contributed by atoms with van der Waals surface area (Å²) >= 11 is 0. The molecule has 0 aliphatic carbocycles. The summed E-state index contributed by atoms with van der Waals surface area (Å²) in [6, 6.07) is 20.6. The molecule has 1 saturated heterocycles. The zero-order valence-corrected chi connectivity index (χ0v) is 19.3. The van der Waals surface area contributed by atoms with E-state index in [9.17, 15) is 18.0 Å². The molecule has 0 radical (unpaired) electrons. The molecule has 0 saturated carbocycles. The molecule has 3 aromatic rings. The highest BCUT2D eigenvalue weighted by atomic mass is 32.2. The van der Waals surface area contributed by atoms with Crippen molar-refractivity contribution in [2.75, 3.05) is 23.7 Å². The molecule has 33 heavy (non-hydrogen) atoms. The van der Waals surface area contributed by atoms with Gasteiger partial charge >= 0.3 is 0 Å². The summed E-state index contributed by atoms with van der Waals surface area (Å²) in [6.07, 6.45) is 2.63. The maximum atomic E-state index is 12.7. The van der Waals surface area contributed by atoms with Crippen LogP contribution in [0.15, 0.2) is 66.7 Å². The van der Waals surface area contributed by atoms with E-state index in [0.717, 1.165) is 45.4 Å². The van der Waals surface area contributed by atoms with Gasteiger partial charge in [0.1, 0.15) is 6.54 Å². The third-order valence-corrected chi connectivity index (χ3v) is 6.91. The zero-order valence-electron chi connectivity index (χ0n) is 18.5. The van der Waals surface area contributed by atoms with Gasteiger partial charge in [-0.25, -0.2) is 8.42 Å². The Morgan fingerprint density at radius 3 is 2.39 bits per heavy atom. The fourth-order valence-electron chi connectivity index (χ4n) is 4.05. The molecule has 0 unspecified atom stereocenters. The molecule has 4 rings (SSSR count). The Bertz CT molecular complexity index is 1270. The van der Waals surface area contributed by atoms with Gasteiger partial charge in [-0.3, -0.25) is 13.9 Å². The molecule has 172 valence electrons. The second kappa shape index (κ2) is 9.62. The third kappa shape index (κ3) is 5.51. The van der Waals surface area contributed by atoms with E-state index in [4.69, 9.17) is 0 Å². The molecule has 7 nitrogen and oxygen atoms in total. The highest BCUT2D eigenvalue weighted by Crippen LogP contribution is 2.28. The minimum absolute atomic E-state index is 0.188. The van der Waals surface area contributed by atoms with E-state index in [1.165, 1.54) is 0 Å². The quantitative estimate of drug-likeness (QED) is 0.554. The van der Waals surface area contributed by atoms with Crippen LogP contribution in [0.1, 0.15) is 24.0 Å². The number of anilines is 1. The lowest BCUT2D eigenvalue weighted by atomic mass is 10.1. The predicted molar refractivity (Wildman–Crippen MR) is 129 cm³/mol. The predicted octanol–water partition coefficient (Wildman–Crippen LogP) is 3.04. The molecule has 8 heteroatoms. The van der Waals surface area contributed by atoms with Crippen molar-refractivity contribution in [2.24, 2.45) is 0 Å². The third-order valence-electron chi connectivity index (χ3n) is 5.78. The van der Waals surface area contributed by atoms with Gasteiger partial charge in [0.25, 0.3) is 0 Å². The summed E-state index contributed by atoms with van der Waals surface area (Å²) in [5, 5.41) is 4.48. The summed E-state index contributed by atoms with van der Waals surface area (Å²) in [4.78, 5) is 26.3. The summed E-state index contributed by atoms with van der Waals surface area (Å²) in [5.41, 5.74) is 2.42. The number of carbonyl (C=O) groups is 2. The number of hydrogen-bond donors (Lipinski definition) is 1. The molecule has 0 bridgehead atoms. The lowest BCUT2D eigenvalue weighted by Crippen LogP contribution is -2.40. The Morgan fingerprint density at radius 1 is 1.00 bits per heavy atom. The topological polar surface area (TPSA) is 86.8 Å². The number of hydrogen-bond acceptors (Lipinski definition) is 4. The number of sulfonamides is 1. The standard InChI is InChI=1S/C25H27N3O4S/c1-33(31,32)28(23-9-4-7-21-6-2-3-8-22(21)23)18-24(29)26-16-19-11-13-20(14-12-19)17-27-15-5-10-25(27)30/h2-4,6-9,11-14H,5,10,15-18H2,1H3,(H,26,29). The van der Waals surface area contributed by atoms with Crippen LogP contribution in [-0.2, 0) is 32.7 Å². The number of fused-ring (bicyclic) bond motifs is 1. The molecular formula is C25H27N3O4S. The van der Waals surface area contributed by atoms with Gasteiger partial charge in [0.2, 0.25) is 21.8 Å². The Kier molecular flexibility index (Phi) is 6.65. The Balaban J connectivity index is 1.41. The Hall–Kier alpha value is -3.39. The monoisotopic (exact) mass is 465 g/mol. The SMILES string of the molecule is CS(=O)(=O)N(CC(=O)NCc1ccc(CN2CCCC2=O)cc1)c1cccc2ccccc12. The van der Waals surface area contributed by atoms with Gasteiger partial charge in [0.05, 0.1) is 11.9 Å². The molecular weight excluding hydrogens is 438 g/mol. The van der Waals surface area contributed by atoms with E-state index in [1.807, 2.05) is 59.5 Å². The maximum absolute atomic E-state index is 12.7. The first-order chi connectivity index (χ1) is 15.8. The van der Waals surface area contributed by atoms with Crippen molar-refractivity contribution in [2.45, 2.75) is 25.9 Å². The molecule has 1 fully saturated rings. The second-order valence-electron chi connectivity index (χ2n) is 8.28. The molecule has 0 atom stereocenters. The van der Waals surface area contributed by atoms with Crippen LogP contribution in [0.25, 0.3) is 10.8 Å². The highest BCUT2D eigenvalue weighted by molar-refractivity contribution is 7.92. The van der Waals surface area contributed by atoms with E-state index in [1.54, 1.807) is 12.1 Å². The molecule has 1 aliphatic heterocycles. The van der Waals surface area contributed by atoms with E-state index in [2.05, 4.69) is 5.32 Å². The van der Waals surface area contributed by atoms with Crippen molar-refractivity contribution in [3.05, 3.63) is 77.9 Å². The molecule has 0 spiro atoms. The minimum Gasteiger partial charge on any atom is -0.350 e. The van der Waals surface area contributed by atoms with Crippen LogP contribution >= 0.6 is 0 Å². The summed E-state index contributed by atoms with van der Waals surface area (Å²) < 4.78 is 26.2. The lowest BCUT2D eigenvalue weighted by Gasteiger charge is -2.23.